The van der Waals surface area contributed by atoms with Crippen LogP contribution in [0, 0.1) is 0 Å². The van der Waals surface area contributed by atoms with Gasteiger partial charge in [-0.25, -0.2) is 0 Å². The van der Waals surface area contributed by atoms with Gasteiger partial charge in [0.05, 0.1) is 22.2 Å². The lowest BCUT2D eigenvalue weighted by atomic mass is 10.1. The highest BCUT2D eigenvalue weighted by Gasteiger charge is 2.16. The van der Waals surface area contributed by atoms with Crippen molar-refractivity contribution >= 4 is 28.8 Å². The van der Waals surface area contributed by atoms with Gasteiger partial charge in [0.25, 0.3) is 11.8 Å². The fourth-order valence-corrected chi connectivity index (χ4v) is 3.10. The maximum atomic E-state index is 12.7. The normalized spacial score (nSPS) is 11.6. The lowest BCUT2D eigenvalue weighted by Crippen LogP contribution is -2.27. The van der Waals surface area contributed by atoms with E-state index in [4.69, 9.17) is 0 Å². The van der Waals surface area contributed by atoms with E-state index in [1.807, 2.05) is 48.7 Å². The van der Waals surface area contributed by atoms with Crippen LogP contribution >= 0.6 is 11.3 Å². The first-order valence-electron chi connectivity index (χ1n) is 7.95. The number of hydrogen-bond donors (Lipinski definition) is 2. The number of anilines is 1. The van der Waals surface area contributed by atoms with Gasteiger partial charge in [0.15, 0.2) is 0 Å². The second-order valence-corrected chi connectivity index (χ2v) is 6.53. The molecular weight excluding hydrogens is 332 g/mol. The maximum Gasteiger partial charge on any atom is 0.265 e. The Balaban J connectivity index is 1.76. The first-order valence-corrected chi connectivity index (χ1v) is 8.83. The second kappa shape index (κ2) is 7.77. The second-order valence-electron chi connectivity index (χ2n) is 5.58. The molecule has 5 heteroatoms. The predicted octanol–water partition coefficient (Wildman–Crippen LogP) is 4.49. The van der Waals surface area contributed by atoms with Crippen LogP contribution in [0.2, 0.25) is 0 Å². The largest absolute Gasteiger partial charge is 0.345 e. The van der Waals surface area contributed by atoms with Gasteiger partial charge in [-0.1, -0.05) is 48.5 Å². The summed E-state index contributed by atoms with van der Waals surface area (Å²) in [6, 6.07) is 20.2. The van der Waals surface area contributed by atoms with Crippen LogP contribution in [0.15, 0.2) is 72.1 Å². The molecule has 0 saturated heterocycles. The number of carbonyl (C=O) groups is 2. The Morgan fingerprint density at radius 1 is 0.880 bits per heavy atom. The van der Waals surface area contributed by atoms with Crippen LogP contribution in [0.25, 0.3) is 0 Å². The lowest BCUT2D eigenvalue weighted by Gasteiger charge is -2.16. The van der Waals surface area contributed by atoms with Gasteiger partial charge in [-0.2, -0.15) is 0 Å². The Bertz CT molecular complexity index is 860. The molecule has 1 heterocycles. The third kappa shape index (κ3) is 4.14. The minimum absolute atomic E-state index is 0.130. The number of para-hydroxylation sites is 1. The van der Waals surface area contributed by atoms with E-state index >= 15 is 0 Å². The SMILES string of the molecule is C[C@H](NC(=O)c1ccccc1NC(=O)c1cccs1)c1ccccc1. The monoisotopic (exact) mass is 350 g/mol. The van der Waals surface area contributed by atoms with Crippen LogP contribution in [0.1, 0.15) is 38.6 Å². The number of hydrogen-bond acceptors (Lipinski definition) is 3. The zero-order valence-electron chi connectivity index (χ0n) is 13.7. The third-order valence-electron chi connectivity index (χ3n) is 3.81. The molecule has 3 aromatic rings. The van der Waals surface area contributed by atoms with E-state index in [0.717, 1.165) is 5.56 Å². The van der Waals surface area contributed by atoms with Crippen LogP contribution in [-0.4, -0.2) is 11.8 Å². The van der Waals surface area contributed by atoms with Crippen LogP contribution in [0.3, 0.4) is 0 Å². The zero-order valence-corrected chi connectivity index (χ0v) is 14.5. The summed E-state index contributed by atoms with van der Waals surface area (Å²) in [6.45, 7) is 1.93. The van der Waals surface area contributed by atoms with Crippen LogP contribution in [0.4, 0.5) is 5.69 Å². The van der Waals surface area contributed by atoms with Crippen molar-refractivity contribution in [3.63, 3.8) is 0 Å². The average Bonchev–Trinajstić information content (AvgIpc) is 3.17. The highest BCUT2D eigenvalue weighted by molar-refractivity contribution is 7.12. The molecule has 0 bridgehead atoms. The van der Waals surface area contributed by atoms with E-state index in [1.165, 1.54) is 11.3 Å². The van der Waals surface area contributed by atoms with Gasteiger partial charge >= 0.3 is 0 Å². The van der Waals surface area contributed by atoms with Crippen molar-refractivity contribution in [1.29, 1.82) is 0 Å². The van der Waals surface area contributed by atoms with Crippen molar-refractivity contribution in [2.75, 3.05) is 5.32 Å². The van der Waals surface area contributed by atoms with Crippen molar-refractivity contribution < 1.29 is 9.59 Å². The van der Waals surface area contributed by atoms with E-state index in [2.05, 4.69) is 10.6 Å². The summed E-state index contributed by atoms with van der Waals surface area (Å²) in [4.78, 5) is 25.5. The molecule has 0 aliphatic rings. The first-order chi connectivity index (χ1) is 12.1. The van der Waals surface area contributed by atoms with Gasteiger partial charge in [0.1, 0.15) is 0 Å². The molecule has 0 saturated carbocycles. The molecule has 2 aromatic carbocycles. The Labute approximate surface area is 150 Å². The molecule has 2 amide bonds. The van der Waals surface area contributed by atoms with Crippen molar-refractivity contribution in [2.45, 2.75) is 13.0 Å². The summed E-state index contributed by atoms with van der Waals surface area (Å²) in [7, 11) is 0. The topological polar surface area (TPSA) is 58.2 Å². The van der Waals surface area contributed by atoms with Gasteiger partial charge < -0.3 is 10.6 Å². The highest BCUT2D eigenvalue weighted by Crippen LogP contribution is 2.19. The standard InChI is InChI=1S/C20H18N2O2S/c1-14(15-8-3-2-4-9-15)21-19(23)16-10-5-6-11-17(16)22-20(24)18-12-7-13-25-18/h2-14H,1H3,(H,21,23)(H,22,24)/t14-/m0/s1. The number of carbonyl (C=O) groups excluding carboxylic acids is 2. The average molecular weight is 350 g/mol. The molecule has 3 rings (SSSR count). The molecule has 0 unspecified atom stereocenters. The summed E-state index contributed by atoms with van der Waals surface area (Å²) >= 11 is 1.36. The van der Waals surface area contributed by atoms with E-state index < -0.39 is 0 Å². The number of nitrogens with one attached hydrogen (secondary N) is 2. The highest BCUT2D eigenvalue weighted by atomic mass is 32.1. The van der Waals surface area contributed by atoms with Crippen molar-refractivity contribution in [2.24, 2.45) is 0 Å². The van der Waals surface area contributed by atoms with Crippen LogP contribution in [-0.2, 0) is 0 Å². The Hall–Kier alpha value is -2.92. The van der Waals surface area contributed by atoms with E-state index in [0.29, 0.717) is 16.1 Å². The smallest absolute Gasteiger partial charge is 0.265 e. The minimum atomic E-state index is -0.224. The Morgan fingerprint density at radius 3 is 2.32 bits per heavy atom. The molecule has 25 heavy (non-hydrogen) atoms. The molecule has 0 radical (unpaired) electrons. The summed E-state index contributed by atoms with van der Waals surface area (Å²) in [5.41, 5.74) is 1.96. The predicted molar refractivity (Wildman–Crippen MR) is 101 cm³/mol. The van der Waals surface area contributed by atoms with Crippen LogP contribution in [0.5, 0.6) is 0 Å². The summed E-state index contributed by atoms with van der Waals surface area (Å²) in [5.74, 6) is -0.440. The number of benzene rings is 2. The molecule has 2 N–H and O–H groups in total. The number of thiophene rings is 1. The van der Waals surface area contributed by atoms with E-state index in [-0.39, 0.29) is 17.9 Å². The molecule has 0 aliphatic carbocycles. The molecule has 1 aromatic heterocycles. The van der Waals surface area contributed by atoms with E-state index in [1.54, 1.807) is 30.3 Å². The number of amides is 2. The Morgan fingerprint density at radius 2 is 1.60 bits per heavy atom. The third-order valence-corrected chi connectivity index (χ3v) is 4.68. The van der Waals surface area contributed by atoms with Gasteiger partial charge in [-0.3, -0.25) is 9.59 Å². The van der Waals surface area contributed by atoms with Crippen molar-refractivity contribution in [3.05, 3.63) is 88.1 Å². The van der Waals surface area contributed by atoms with Gasteiger partial charge in [-0.05, 0) is 36.1 Å². The summed E-state index contributed by atoms with van der Waals surface area (Å²) in [6.07, 6.45) is 0. The quantitative estimate of drug-likeness (QED) is 0.712. The molecule has 0 spiro atoms. The maximum absolute atomic E-state index is 12.7. The van der Waals surface area contributed by atoms with Gasteiger partial charge in [0, 0.05) is 0 Å². The minimum Gasteiger partial charge on any atom is -0.345 e. The molecule has 0 aliphatic heterocycles. The molecule has 4 nitrogen and oxygen atoms in total. The number of rotatable bonds is 5. The van der Waals surface area contributed by atoms with Crippen molar-refractivity contribution in [3.8, 4) is 0 Å². The van der Waals surface area contributed by atoms with Gasteiger partial charge in [0.2, 0.25) is 0 Å². The molecule has 0 fully saturated rings. The van der Waals surface area contributed by atoms with Gasteiger partial charge in [-0.15, -0.1) is 11.3 Å². The molecule has 126 valence electrons. The fraction of sp³-hybridized carbons (Fsp3) is 0.100. The summed E-state index contributed by atoms with van der Waals surface area (Å²) in [5, 5.41) is 7.63. The fourth-order valence-electron chi connectivity index (χ4n) is 2.48. The van der Waals surface area contributed by atoms with Crippen molar-refractivity contribution in [1.82, 2.24) is 5.32 Å². The first kappa shape index (κ1) is 16.9. The zero-order chi connectivity index (χ0) is 17.6. The van der Waals surface area contributed by atoms with E-state index in [9.17, 15) is 9.59 Å². The summed E-state index contributed by atoms with van der Waals surface area (Å²) < 4.78 is 0. The molecular formula is C20H18N2O2S. The lowest BCUT2D eigenvalue weighted by molar-refractivity contribution is 0.0941. The van der Waals surface area contributed by atoms with Crippen LogP contribution < -0.4 is 10.6 Å². The Kier molecular flexibility index (Phi) is 5.26. The molecule has 1 atom stereocenters.